The van der Waals surface area contributed by atoms with Crippen molar-refractivity contribution in [2.45, 2.75) is 13.2 Å². The molecule has 1 aromatic heterocycles. The van der Waals surface area contributed by atoms with Crippen LogP contribution in [0.15, 0.2) is 30.6 Å². The number of nitrogens with zero attached hydrogens (tertiary/aromatic N) is 2. The molecule has 100 valence electrons. The molecule has 0 unspecified atom stereocenters. The lowest BCUT2D eigenvalue weighted by Gasteiger charge is -2.07. The Balaban J connectivity index is 1.91. The fraction of sp³-hybridized carbons (Fsp3) is 0.167. The summed E-state index contributed by atoms with van der Waals surface area (Å²) in [6.07, 6.45) is 2.94. The Kier molecular flexibility index (Phi) is 4.01. The van der Waals surface area contributed by atoms with Gasteiger partial charge in [-0.3, -0.25) is 9.48 Å². The van der Waals surface area contributed by atoms with Gasteiger partial charge in [-0.15, -0.1) is 0 Å². The number of hydrogen-bond acceptors (Lipinski definition) is 4. The molecule has 5 nitrogen and oxygen atoms in total. The number of aromatic nitrogens is 2. The van der Waals surface area contributed by atoms with Crippen molar-refractivity contribution in [3.05, 3.63) is 47.0 Å². The van der Waals surface area contributed by atoms with Gasteiger partial charge in [0, 0.05) is 11.8 Å². The SMILES string of the molecule is Nc1cnn(CC(=O)OCc2cccc(F)c2Cl)c1. The fourth-order valence-electron chi connectivity index (χ4n) is 1.46. The Hall–Kier alpha value is -2.08. The molecule has 0 bridgehead atoms. The summed E-state index contributed by atoms with van der Waals surface area (Å²) < 4.78 is 19.5. The van der Waals surface area contributed by atoms with Crippen molar-refractivity contribution in [1.29, 1.82) is 0 Å². The van der Waals surface area contributed by atoms with Gasteiger partial charge in [0.05, 0.1) is 16.9 Å². The number of rotatable bonds is 4. The van der Waals surface area contributed by atoms with Gasteiger partial charge in [0.15, 0.2) is 0 Å². The van der Waals surface area contributed by atoms with Crippen LogP contribution in [0.5, 0.6) is 0 Å². The molecule has 0 aliphatic rings. The molecule has 1 aromatic carbocycles. The van der Waals surface area contributed by atoms with Crippen molar-refractivity contribution in [3.63, 3.8) is 0 Å². The lowest BCUT2D eigenvalue weighted by Crippen LogP contribution is -2.14. The third-order valence-corrected chi connectivity index (χ3v) is 2.79. The summed E-state index contributed by atoms with van der Waals surface area (Å²) in [4.78, 5) is 11.5. The number of carbonyl (C=O) groups is 1. The van der Waals surface area contributed by atoms with Crippen LogP contribution in [-0.2, 0) is 22.7 Å². The van der Waals surface area contributed by atoms with Gasteiger partial charge in [-0.2, -0.15) is 5.10 Å². The second-order valence-electron chi connectivity index (χ2n) is 3.84. The van der Waals surface area contributed by atoms with E-state index in [2.05, 4.69) is 5.10 Å². The normalized spacial score (nSPS) is 10.4. The van der Waals surface area contributed by atoms with E-state index in [1.807, 2.05) is 0 Å². The van der Waals surface area contributed by atoms with Crippen molar-refractivity contribution in [2.75, 3.05) is 5.73 Å². The summed E-state index contributed by atoms with van der Waals surface area (Å²) in [6, 6.07) is 4.32. The average molecular weight is 284 g/mol. The van der Waals surface area contributed by atoms with Crippen LogP contribution in [0.2, 0.25) is 5.02 Å². The van der Waals surface area contributed by atoms with Gasteiger partial charge in [-0.1, -0.05) is 23.7 Å². The third-order valence-electron chi connectivity index (χ3n) is 2.36. The lowest BCUT2D eigenvalue weighted by molar-refractivity contribution is -0.145. The van der Waals surface area contributed by atoms with E-state index in [0.29, 0.717) is 11.3 Å². The molecule has 0 atom stereocenters. The molecule has 0 fully saturated rings. The highest BCUT2D eigenvalue weighted by Gasteiger charge is 2.09. The van der Waals surface area contributed by atoms with E-state index < -0.39 is 11.8 Å². The van der Waals surface area contributed by atoms with Gasteiger partial charge in [0.25, 0.3) is 0 Å². The van der Waals surface area contributed by atoms with E-state index in [1.165, 1.54) is 29.2 Å². The van der Waals surface area contributed by atoms with E-state index in [-0.39, 0.29) is 18.2 Å². The summed E-state index contributed by atoms with van der Waals surface area (Å²) in [5.41, 5.74) is 6.33. The molecule has 0 amide bonds. The van der Waals surface area contributed by atoms with E-state index in [4.69, 9.17) is 22.1 Å². The Morgan fingerprint density at radius 1 is 1.53 bits per heavy atom. The first kappa shape index (κ1) is 13.4. The lowest BCUT2D eigenvalue weighted by atomic mass is 10.2. The summed E-state index contributed by atoms with van der Waals surface area (Å²) in [6.45, 7) is -0.156. The van der Waals surface area contributed by atoms with Gasteiger partial charge >= 0.3 is 5.97 Å². The van der Waals surface area contributed by atoms with Crippen LogP contribution in [0, 0.1) is 5.82 Å². The molecule has 19 heavy (non-hydrogen) atoms. The maximum atomic E-state index is 13.2. The van der Waals surface area contributed by atoms with Crippen LogP contribution in [-0.4, -0.2) is 15.7 Å². The summed E-state index contributed by atoms with van der Waals surface area (Å²) in [7, 11) is 0. The van der Waals surface area contributed by atoms with Crippen molar-refractivity contribution >= 4 is 23.3 Å². The van der Waals surface area contributed by atoms with E-state index in [1.54, 1.807) is 6.07 Å². The monoisotopic (exact) mass is 283 g/mol. The molecule has 0 saturated heterocycles. The zero-order chi connectivity index (χ0) is 13.8. The van der Waals surface area contributed by atoms with Gasteiger partial charge in [-0.05, 0) is 6.07 Å². The first-order valence-electron chi connectivity index (χ1n) is 5.42. The molecule has 2 rings (SSSR count). The van der Waals surface area contributed by atoms with Crippen molar-refractivity contribution in [3.8, 4) is 0 Å². The summed E-state index contributed by atoms with van der Waals surface area (Å²) >= 11 is 5.74. The maximum Gasteiger partial charge on any atom is 0.328 e. The topological polar surface area (TPSA) is 70.1 Å². The number of carbonyl (C=O) groups excluding carboxylic acids is 1. The second kappa shape index (κ2) is 5.71. The third kappa shape index (κ3) is 3.45. The number of nitrogen functional groups attached to an aromatic ring is 1. The molecule has 0 aliphatic carbocycles. The number of hydrogen-bond donors (Lipinski definition) is 1. The molecule has 0 spiro atoms. The highest BCUT2D eigenvalue weighted by atomic mass is 35.5. The first-order chi connectivity index (χ1) is 9.06. The molecule has 2 N–H and O–H groups in total. The van der Waals surface area contributed by atoms with Crippen molar-refractivity contribution in [2.24, 2.45) is 0 Å². The number of nitrogens with two attached hydrogens (primary N) is 1. The molecular weight excluding hydrogens is 273 g/mol. The van der Waals surface area contributed by atoms with Crippen LogP contribution in [0.25, 0.3) is 0 Å². The Labute approximate surface area is 113 Å². The number of anilines is 1. The molecule has 0 radical (unpaired) electrons. The van der Waals surface area contributed by atoms with Gasteiger partial charge in [0.1, 0.15) is 19.0 Å². The van der Waals surface area contributed by atoms with Crippen molar-refractivity contribution in [1.82, 2.24) is 9.78 Å². The summed E-state index contributed by atoms with van der Waals surface area (Å²) in [5, 5.41) is 3.80. The predicted octanol–water partition coefficient (Wildman–Crippen LogP) is 2.00. The molecule has 0 saturated carbocycles. The Bertz CT molecular complexity index is 600. The van der Waals surface area contributed by atoms with Gasteiger partial charge in [0.2, 0.25) is 0 Å². The van der Waals surface area contributed by atoms with Crippen LogP contribution in [0.4, 0.5) is 10.1 Å². The molecule has 7 heteroatoms. The Morgan fingerprint density at radius 3 is 3.00 bits per heavy atom. The minimum absolute atomic E-state index is 0.0429. The van der Waals surface area contributed by atoms with Crippen molar-refractivity contribution < 1.29 is 13.9 Å². The predicted molar refractivity (Wildman–Crippen MR) is 67.8 cm³/mol. The number of esters is 1. The number of ether oxygens (including phenoxy) is 1. The smallest absolute Gasteiger partial charge is 0.328 e. The highest BCUT2D eigenvalue weighted by Crippen LogP contribution is 2.20. The second-order valence-corrected chi connectivity index (χ2v) is 4.22. The zero-order valence-electron chi connectivity index (χ0n) is 9.85. The first-order valence-corrected chi connectivity index (χ1v) is 5.80. The highest BCUT2D eigenvalue weighted by molar-refractivity contribution is 6.31. The number of benzene rings is 1. The van der Waals surface area contributed by atoms with Gasteiger partial charge < -0.3 is 10.5 Å². The minimum atomic E-state index is -0.546. The minimum Gasteiger partial charge on any atom is -0.459 e. The molecule has 0 aliphatic heterocycles. The quantitative estimate of drug-likeness (QED) is 0.871. The van der Waals surface area contributed by atoms with E-state index >= 15 is 0 Å². The van der Waals surface area contributed by atoms with E-state index in [9.17, 15) is 9.18 Å². The van der Waals surface area contributed by atoms with E-state index in [0.717, 1.165) is 0 Å². The van der Waals surface area contributed by atoms with Crippen LogP contribution in [0.1, 0.15) is 5.56 Å². The largest absolute Gasteiger partial charge is 0.459 e. The van der Waals surface area contributed by atoms with Crippen LogP contribution < -0.4 is 5.73 Å². The average Bonchev–Trinajstić information content (AvgIpc) is 2.76. The van der Waals surface area contributed by atoms with Crippen LogP contribution >= 0.6 is 11.6 Å². The fourth-order valence-corrected chi connectivity index (χ4v) is 1.64. The standard InChI is InChI=1S/C12H11ClFN3O2/c13-12-8(2-1-3-10(12)14)7-19-11(18)6-17-5-9(15)4-16-17/h1-5H,6-7,15H2. The zero-order valence-corrected chi connectivity index (χ0v) is 10.6. The van der Waals surface area contributed by atoms with Gasteiger partial charge in [-0.25, -0.2) is 4.39 Å². The Morgan fingerprint density at radius 2 is 2.32 bits per heavy atom. The maximum absolute atomic E-state index is 13.2. The van der Waals surface area contributed by atoms with Crippen LogP contribution in [0.3, 0.4) is 0 Å². The number of halogens is 2. The molecule has 2 aromatic rings. The molecular formula is C12H11ClFN3O2. The summed E-state index contributed by atoms with van der Waals surface area (Å²) in [5.74, 6) is -1.06. The molecule has 1 heterocycles.